The Hall–Kier alpha value is -2.65. The number of rotatable bonds is 10. The smallest absolute Gasteiger partial charge is 0.240 e. The average Bonchev–Trinajstić information content (AvgIpc) is 2.80. The lowest BCUT2D eigenvalue weighted by molar-refractivity contribution is -0.126. The molecule has 1 aliphatic rings. The van der Waals surface area contributed by atoms with Crippen LogP contribution in [0.3, 0.4) is 0 Å². The molecular formula is C24H31FN2O5S. The van der Waals surface area contributed by atoms with E-state index in [2.05, 4.69) is 10.0 Å². The molecule has 0 bridgehead atoms. The van der Waals surface area contributed by atoms with Crippen molar-refractivity contribution in [1.82, 2.24) is 10.0 Å². The molecule has 1 aliphatic carbocycles. The Morgan fingerprint density at radius 3 is 2.24 bits per heavy atom. The zero-order valence-electron chi connectivity index (χ0n) is 19.0. The molecule has 1 fully saturated rings. The second kappa shape index (κ2) is 11.5. The molecule has 0 heterocycles. The van der Waals surface area contributed by atoms with Gasteiger partial charge in [-0.25, -0.2) is 17.5 Å². The van der Waals surface area contributed by atoms with Crippen molar-refractivity contribution in [3.8, 4) is 11.5 Å². The summed E-state index contributed by atoms with van der Waals surface area (Å²) in [6.45, 7) is 4.85. The molecule has 0 saturated heterocycles. The van der Waals surface area contributed by atoms with Crippen LogP contribution in [-0.4, -0.2) is 33.6 Å². The van der Waals surface area contributed by atoms with Crippen molar-refractivity contribution in [1.29, 1.82) is 0 Å². The van der Waals surface area contributed by atoms with E-state index in [1.807, 2.05) is 13.8 Å². The van der Waals surface area contributed by atoms with Crippen LogP contribution in [0.1, 0.15) is 45.1 Å². The highest BCUT2D eigenvalue weighted by atomic mass is 32.2. The summed E-state index contributed by atoms with van der Waals surface area (Å²) in [7, 11) is -3.74. The fourth-order valence-corrected chi connectivity index (χ4v) is 5.22. The Bertz CT molecular complexity index is 1040. The first-order valence-electron chi connectivity index (χ1n) is 11.3. The first-order valence-corrected chi connectivity index (χ1v) is 12.7. The molecule has 180 valence electrons. The van der Waals surface area contributed by atoms with Gasteiger partial charge < -0.3 is 14.8 Å². The Labute approximate surface area is 194 Å². The number of amides is 1. The SMILES string of the molecule is CCOc1ccc(S(=O)(=O)NC2CCC(C(=O)NCc3ccc(F)cc3)CC2)cc1OCC. The first kappa shape index (κ1) is 25.0. The number of ether oxygens (including phenoxy) is 2. The first-order chi connectivity index (χ1) is 15.8. The summed E-state index contributed by atoms with van der Waals surface area (Å²) >= 11 is 0. The minimum absolute atomic E-state index is 0.0616. The molecule has 33 heavy (non-hydrogen) atoms. The second-order valence-corrected chi connectivity index (χ2v) is 9.70. The van der Waals surface area contributed by atoms with Gasteiger partial charge in [0.2, 0.25) is 15.9 Å². The number of benzene rings is 2. The van der Waals surface area contributed by atoms with Gasteiger partial charge in [0.1, 0.15) is 5.82 Å². The maximum atomic E-state index is 13.0. The van der Waals surface area contributed by atoms with Crippen molar-refractivity contribution in [3.05, 3.63) is 53.8 Å². The van der Waals surface area contributed by atoms with Crippen LogP contribution in [0, 0.1) is 11.7 Å². The molecule has 1 amide bonds. The van der Waals surface area contributed by atoms with Gasteiger partial charge in [0.25, 0.3) is 0 Å². The van der Waals surface area contributed by atoms with E-state index >= 15 is 0 Å². The quantitative estimate of drug-likeness (QED) is 0.542. The van der Waals surface area contributed by atoms with Crippen LogP contribution >= 0.6 is 0 Å². The minimum atomic E-state index is -3.74. The van der Waals surface area contributed by atoms with Crippen molar-refractivity contribution in [2.45, 2.75) is 57.0 Å². The fraction of sp³-hybridized carbons (Fsp3) is 0.458. The third-order valence-corrected chi connectivity index (χ3v) is 7.14. The van der Waals surface area contributed by atoms with Crippen LogP contribution in [-0.2, 0) is 21.4 Å². The molecule has 2 N–H and O–H groups in total. The standard InChI is InChI=1S/C24H31FN2O5S/c1-3-31-22-14-13-21(15-23(22)32-4-2)33(29,30)27-20-11-7-18(8-12-20)24(28)26-16-17-5-9-19(25)10-6-17/h5-6,9-10,13-15,18,20,27H,3-4,7-8,11-12,16H2,1-2H3,(H,26,28). The molecule has 3 rings (SSSR count). The van der Waals surface area contributed by atoms with Crippen molar-refractivity contribution < 1.29 is 27.1 Å². The molecule has 2 aromatic rings. The maximum absolute atomic E-state index is 13.0. The second-order valence-electron chi connectivity index (χ2n) is 7.99. The Kier molecular flexibility index (Phi) is 8.68. The Morgan fingerprint density at radius 2 is 1.61 bits per heavy atom. The van der Waals surface area contributed by atoms with Gasteiger partial charge in [0.05, 0.1) is 18.1 Å². The molecule has 0 aromatic heterocycles. The van der Waals surface area contributed by atoms with Crippen LogP contribution in [0.2, 0.25) is 0 Å². The van der Waals surface area contributed by atoms with Gasteiger partial charge in [-0.15, -0.1) is 0 Å². The largest absolute Gasteiger partial charge is 0.490 e. The van der Waals surface area contributed by atoms with E-state index in [0.717, 1.165) is 5.56 Å². The Balaban J connectivity index is 1.53. The minimum Gasteiger partial charge on any atom is -0.490 e. The van der Waals surface area contributed by atoms with Crippen molar-refractivity contribution >= 4 is 15.9 Å². The predicted molar refractivity (Wildman–Crippen MR) is 123 cm³/mol. The maximum Gasteiger partial charge on any atom is 0.240 e. The molecule has 2 aromatic carbocycles. The molecule has 0 atom stereocenters. The summed E-state index contributed by atoms with van der Waals surface area (Å²) < 4.78 is 52.6. The van der Waals surface area contributed by atoms with Gasteiger partial charge in [-0.05, 0) is 69.4 Å². The van der Waals surface area contributed by atoms with Crippen LogP contribution in [0.4, 0.5) is 4.39 Å². The molecule has 0 spiro atoms. The summed E-state index contributed by atoms with van der Waals surface area (Å²) in [5.41, 5.74) is 0.827. The third kappa shape index (κ3) is 6.91. The van der Waals surface area contributed by atoms with Gasteiger partial charge >= 0.3 is 0 Å². The molecule has 9 heteroatoms. The van der Waals surface area contributed by atoms with E-state index in [9.17, 15) is 17.6 Å². The van der Waals surface area contributed by atoms with Crippen molar-refractivity contribution in [2.75, 3.05) is 13.2 Å². The van der Waals surface area contributed by atoms with Crippen molar-refractivity contribution in [3.63, 3.8) is 0 Å². The molecule has 0 aliphatic heterocycles. The highest BCUT2D eigenvalue weighted by Crippen LogP contribution is 2.31. The average molecular weight is 479 g/mol. The number of sulfonamides is 1. The molecule has 1 saturated carbocycles. The number of nitrogens with one attached hydrogen (secondary N) is 2. The molecule has 0 unspecified atom stereocenters. The van der Waals surface area contributed by atoms with E-state index in [-0.39, 0.29) is 28.6 Å². The van der Waals surface area contributed by atoms with E-state index in [1.54, 1.807) is 18.2 Å². The topological polar surface area (TPSA) is 93.7 Å². The fourth-order valence-electron chi connectivity index (χ4n) is 3.90. The predicted octanol–water partition coefficient (Wildman–Crippen LogP) is 3.78. The lowest BCUT2D eigenvalue weighted by Gasteiger charge is -2.28. The lowest BCUT2D eigenvalue weighted by atomic mass is 9.86. The summed E-state index contributed by atoms with van der Waals surface area (Å²) in [5, 5.41) is 2.89. The van der Waals surface area contributed by atoms with Crippen LogP contribution in [0.5, 0.6) is 11.5 Å². The molecule has 7 nitrogen and oxygen atoms in total. The highest BCUT2D eigenvalue weighted by molar-refractivity contribution is 7.89. The Morgan fingerprint density at radius 1 is 0.970 bits per heavy atom. The lowest BCUT2D eigenvalue weighted by Crippen LogP contribution is -2.40. The number of carbonyl (C=O) groups is 1. The van der Waals surface area contributed by atoms with E-state index in [4.69, 9.17) is 9.47 Å². The third-order valence-electron chi connectivity index (χ3n) is 5.62. The molecule has 0 radical (unpaired) electrons. The summed E-state index contributed by atoms with van der Waals surface area (Å²) in [4.78, 5) is 12.6. The summed E-state index contributed by atoms with van der Waals surface area (Å²) in [6, 6.07) is 10.3. The van der Waals surface area contributed by atoms with Crippen LogP contribution in [0.25, 0.3) is 0 Å². The van der Waals surface area contributed by atoms with Crippen molar-refractivity contribution in [2.24, 2.45) is 5.92 Å². The number of carbonyl (C=O) groups excluding carboxylic acids is 1. The number of halogens is 1. The van der Waals surface area contributed by atoms with Gasteiger partial charge in [0.15, 0.2) is 11.5 Å². The number of hydrogen-bond acceptors (Lipinski definition) is 5. The highest BCUT2D eigenvalue weighted by Gasteiger charge is 2.29. The normalized spacial score (nSPS) is 18.5. The van der Waals surface area contributed by atoms with Crippen LogP contribution in [0.15, 0.2) is 47.4 Å². The summed E-state index contributed by atoms with van der Waals surface area (Å²) in [5.74, 6) is 0.356. The number of hydrogen-bond donors (Lipinski definition) is 2. The zero-order valence-corrected chi connectivity index (χ0v) is 19.8. The van der Waals surface area contributed by atoms with Crippen LogP contribution < -0.4 is 19.5 Å². The zero-order chi connectivity index (χ0) is 23.8. The van der Waals surface area contributed by atoms with Gasteiger partial charge in [-0.3, -0.25) is 4.79 Å². The monoisotopic (exact) mass is 478 g/mol. The van der Waals surface area contributed by atoms with E-state index < -0.39 is 10.0 Å². The van der Waals surface area contributed by atoms with Gasteiger partial charge in [0, 0.05) is 24.6 Å². The van der Waals surface area contributed by atoms with Gasteiger partial charge in [-0.1, -0.05) is 12.1 Å². The van der Waals surface area contributed by atoms with E-state index in [1.165, 1.54) is 24.3 Å². The van der Waals surface area contributed by atoms with E-state index in [0.29, 0.717) is 56.9 Å². The van der Waals surface area contributed by atoms with Gasteiger partial charge in [-0.2, -0.15) is 0 Å². The molecular weight excluding hydrogens is 447 g/mol. The summed E-state index contributed by atoms with van der Waals surface area (Å²) in [6.07, 6.45) is 2.33.